The highest BCUT2D eigenvalue weighted by Crippen LogP contribution is 2.18. The number of nitrogens with zero attached hydrogens (tertiary/aromatic N) is 3. The third-order valence-corrected chi connectivity index (χ3v) is 4.80. The van der Waals surface area contributed by atoms with E-state index in [0.29, 0.717) is 30.2 Å². The van der Waals surface area contributed by atoms with Crippen molar-refractivity contribution in [1.82, 2.24) is 19.1 Å². The molecule has 29 heavy (non-hydrogen) atoms. The number of aromatic amines is 1. The third-order valence-electron chi connectivity index (χ3n) is 4.80. The fraction of sp³-hybridized carbons (Fsp3) is 0.190. The maximum absolute atomic E-state index is 13.3. The van der Waals surface area contributed by atoms with Crippen molar-refractivity contribution in [2.24, 2.45) is 7.05 Å². The fourth-order valence-corrected chi connectivity index (χ4v) is 3.26. The summed E-state index contributed by atoms with van der Waals surface area (Å²) >= 11 is 0. The Morgan fingerprint density at radius 1 is 1.03 bits per heavy atom. The summed E-state index contributed by atoms with van der Waals surface area (Å²) in [6, 6.07) is 16.1. The highest BCUT2D eigenvalue weighted by Gasteiger charge is 2.17. The van der Waals surface area contributed by atoms with Gasteiger partial charge in [0.05, 0.1) is 6.54 Å². The van der Waals surface area contributed by atoms with E-state index in [4.69, 9.17) is 0 Å². The van der Waals surface area contributed by atoms with Crippen LogP contribution in [0.25, 0.3) is 11.2 Å². The molecule has 0 aliphatic heterocycles. The van der Waals surface area contributed by atoms with Crippen LogP contribution in [0.1, 0.15) is 11.1 Å². The van der Waals surface area contributed by atoms with E-state index in [1.165, 1.54) is 22.3 Å². The molecule has 0 fully saturated rings. The summed E-state index contributed by atoms with van der Waals surface area (Å²) in [4.78, 5) is 31.3. The lowest BCUT2D eigenvalue weighted by Gasteiger charge is -2.11. The van der Waals surface area contributed by atoms with Crippen LogP contribution in [0.2, 0.25) is 0 Å². The minimum Gasteiger partial charge on any atom is -0.355 e. The van der Waals surface area contributed by atoms with Crippen LogP contribution in [-0.2, 0) is 20.0 Å². The average molecular weight is 393 g/mol. The van der Waals surface area contributed by atoms with Crippen molar-refractivity contribution in [2.75, 3.05) is 11.9 Å². The Labute approximate surface area is 165 Å². The number of H-pyrrole nitrogens is 1. The first-order valence-electron chi connectivity index (χ1n) is 9.25. The molecule has 0 bridgehead atoms. The summed E-state index contributed by atoms with van der Waals surface area (Å²) in [7, 11) is 1.56. The molecule has 8 heteroatoms. The zero-order valence-corrected chi connectivity index (χ0v) is 15.9. The number of aryl methyl sites for hydroxylation is 1. The van der Waals surface area contributed by atoms with Crippen LogP contribution in [0.5, 0.6) is 0 Å². The van der Waals surface area contributed by atoms with Gasteiger partial charge in [0.15, 0.2) is 11.2 Å². The van der Waals surface area contributed by atoms with E-state index in [-0.39, 0.29) is 5.82 Å². The lowest BCUT2D eigenvalue weighted by molar-refractivity contribution is 0.626. The van der Waals surface area contributed by atoms with Crippen molar-refractivity contribution in [3.8, 4) is 0 Å². The molecule has 2 aromatic heterocycles. The molecule has 0 saturated heterocycles. The standard InChI is InChI=1S/C21H20FN5O2/c1-26-18-17(19(28)25-21(26)29)27(13-15-7-9-16(22)10-8-15)20(24-18)23-12-11-14-5-3-2-4-6-14/h2-10H,11-13H2,1H3,(H,23,24)(H,25,28,29). The van der Waals surface area contributed by atoms with Gasteiger partial charge in [-0.2, -0.15) is 4.98 Å². The molecular weight excluding hydrogens is 373 g/mol. The molecule has 0 atom stereocenters. The predicted molar refractivity (Wildman–Crippen MR) is 110 cm³/mol. The second kappa shape index (κ2) is 7.75. The van der Waals surface area contributed by atoms with E-state index in [9.17, 15) is 14.0 Å². The zero-order valence-electron chi connectivity index (χ0n) is 15.9. The first-order chi connectivity index (χ1) is 14.0. The lowest BCUT2D eigenvalue weighted by Crippen LogP contribution is -2.29. The van der Waals surface area contributed by atoms with E-state index < -0.39 is 11.2 Å². The van der Waals surface area contributed by atoms with Crippen molar-refractivity contribution in [3.63, 3.8) is 0 Å². The van der Waals surface area contributed by atoms with Crippen molar-refractivity contribution < 1.29 is 4.39 Å². The van der Waals surface area contributed by atoms with Gasteiger partial charge in [0, 0.05) is 13.6 Å². The number of hydrogen-bond acceptors (Lipinski definition) is 4. The van der Waals surface area contributed by atoms with E-state index in [1.807, 2.05) is 30.3 Å². The molecule has 4 aromatic rings. The molecule has 2 N–H and O–H groups in total. The van der Waals surface area contributed by atoms with Gasteiger partial charge >= 0.3 is 5.69 Å². The molecule has 7 nitrogen and oxygen atoms in total. The molecule has 0 aliphatic carbocycles. The molecule has 148 valence electrons. The number of benzene rings is 2. The number of nitrogens with one attached hydrogen (secondary N) is 2. The minimum absolute atomic E-state index is 0.290. The number of aromatic nitrogens is 4. The quantitative estimate of drug-likeness (QED) is 0.526. The van der Waals surface area contributed by atoms with Gasteiger partial charge in [0.2, 0.25) is 5.95 Å². The summed E-state index contributed by atoms with van der Waals surface area (Å²) in [5, 5.41) is 3.27. The lowest BCUT2D eigenvalue weighted by atomic mass is 10.1. The summed E-state index contributed by atoms with van der Waals surface area (Å²) < 4.78 is 16.3. The van der Waals surface area contributed by atoms with Gasteiger partial charge in [-0.3, -0.25) is 18.9 Å². The third kappa shape index (κ3) is 3.82. The number of halogens is 1. The minimum atomic E-state index is -0.523. The first kappa shape index (κ1) is 18.7. The Bertz CT molecular complexity index is 1260. The van der Waals surface area contributed by atoms with Gasteiger partial charge in [0.1, 0.15) is 5.82 Å². The van der Waals surface area contributed by atoms with Gasteiger partial charge in [-0.05, 0) is 29.7 Å². The summed E-state index contributed by atoms with van der Waals surface area (Å²) in [5.74, 6) is 0.151. The second-order valence-electron chi connectivity index (χ2n) is 6.80. The Balaban J connectivity index is 1.72. The maximum Gasteiger partial charge on any atom is 0.329 e. The molecule has 0 aliphatic rings. The molecule has 2 aromatic carbocycles. The van der Waals surface area contributed by atoms with Crippen LogP contribution in [-0.4, -0.2) is 25.6 Å². The molecule has 0 unspecified atom stereocenters. The molecule has 0 amide bonds. The summed E-state index contributed by atoms with van der Waals surface area (Å²) in [6.45, 7) is 0.911. The molecule has 0 radical (unpaired) electrons. The smallest absolute Gasteiger partial charge is 0.329 e. The van der Waals surface area contributed by atoms with E-state index in [2.05, 4.69) is 15.3 Å². The van der Waals surface area contributed by atoms with Crippen molar-refractivity contribution in [3.05, 3.63) is 92.4 Å². The molecule has 2 heterocycles. The maximum atomic E-state index is 13.3. The molecule has 0 saturated carbocycles. The average Bonchev–Trinajstić information content (AvgIpc) is 3.08. The molecular formula is C21H20FN5O2. The van der Waals surface area contributed by atoms with Gasteiger partial charge in [0.25, 0.3) is 5.56 Å². The van der Waals surface area contributed by atoms with Crippen LogP contribution in [0.3, 0.4) is 0 Å². The summed E-state index contributed by atoms with van der Waals surface area (Å²) in [6.07, 6.45) is 0.774. The number of rotatable bonds is 6. The number of hydrogen-bond donors (Lipinski definition) is 2. The molecule has 0 spiro atoms. The Morgan fingerprint density at radius 2 is 1.76 bits per heavy atom. The van der Waals surface area contributed by atoms with E-state index in [1.54, 1.807) is 23.7 Å². The number of imidazole rings is 1. The monoisotopic (exact) mass is 393 g/mol. The Hall–Kier alpha value is -3.68. The molecule has 4 rings (SSSR count). The predicted octanol–water partition coefficient (Wildman–Crippen LogP) is 2.27. The fourth-order valence-electron chi connectivity index (χ4n) is 3.26. The number of fused-ring (bicyclic) bond motifs is 1. The highest BCUT2D eigenvalue weighted by molar-refractivity contribution is 5.74. The van der Waals surface area contributed by atoms with Crippen LogP contribution in [0, 0.1) is 5.82 Å². The van der Waals surface area contributed by atoms with E-state index in [0.717, 1.165) is 12.0 Å². The van der Waals surface area contributed by atoms with E-state index >= 15 is 0 Å². The normalized spacial score (nSPS) is 11.1. The zero-order chi connectivity index (χ0) is 20.4. The number of anilines is 1. The highest BCUT2D eigenvalue weighted by atomic mass is 19.1. The largest absolute Gasteiger partial charge is 0.355 e. The van der Waals surface area contributed by atoms with Gasteiger partial charge in [-0.1, -0.05) is 42.5 Å². The first-order valence-corrected chi connectivity index (χ1v) is 9.25. The topological polar surface area (TPSA) is 84.7 Å². The Morgan fingerprint density at radius 3 is 2.48 bits per heavy atom. The SMILES string of the molecule is Cn1c(=O)[nH]c(=O)c2c1nc(NCCc1ccccc1)n2Cc1ccc(F)cc1. The van der Waals surface area contributed by atoms with Crippen LogP contribution in [0.4, 0.5) is 10.3 Å². The van der Waals surface area contributed by atoms with Crippen LogP contribution >= 0.6 is 0 Å². The second-order valence-corrected chi connectivity index (χ2v) is 6.80. The van der Waals surface area contributed by atoms with Crippen molar-refractivity contribution in [2.45, 2.75) is 13.0 Å². The van der Waals surface area contributed by atoms with Crippen LogP contribution < -0.4 is 16.6 Å². The van der Waals surface area contributed by atoms with Crippen molar-refractivity contribution in [1.29, 1.82) is 0 Å². The van der Waals surface area contributed by atoms with Crippen molar-refractivity contribution >= 4 is 17.1 Å². The van der Waals surface area contributed by atoms with Gasteiger partial charge in [-0.25, -0.2) is 9.18 Å². The van der Waals surface area contributed by atoms with Crippen LogP contribution in [0.15, 0.2) is 64.2 Å². The Kier molecular flexibility index (Phi) is 4.99. The van der Waals surface area contributed by atoms with Gasteiger partial charge in [-0.15, -0.1) is 0 Å². The summed E-state index contributed by atoms with van der Waals surface area (Å²) in [5.41, 5.74) is 1.54. The van der Waals surface area contributed by atoms with Gasteiger partial charge < -0.3 is 5.32 Å².